The molecule has 3 rings (SSSR count). The maximum atomic E-state index is 12.6. The molecule has 1 aromatic carbocycles. The van der Waals surface area contributed by atoms with E-state index in [1.54, 1.807) is 7.05 Å². The zero-order chi connectivity index (χ0) is 20.4. The van der Waals surface area contributed by atoms with Gasteiger partial charge in [-0.2, -0.15) is 17.5 Å². The fraction of sp³-hybridized carbons (Fsp3) is 0.611. The fourth-order valence-electron chi connectivity index (χ4n) is 3.70. The molecule has 0 amide bonds. The second kappa shape index (κ2) is 8.28. The van der Waals surface area contributed by atoms with Crippen molar-refractivity contribution in [3.63, 3.8) is 0 Å². The van der Waals surface area contributed by atoms with Crippen LogP contribution < -0.4 is 10.6 Å². The van der Waals surface area contributed by atoms with Gasteiger partial charge in [-0.05, 0) is 48.8 Å². The van der Waals surface area contributed by atoms with Crippen molar-refractivity contribution >= 4 is 16.0 Å². The lowest BCUT2D eigenvalue weighted by molar-refractivity contribution is -0.0494. The summed E-state index contributed by atoms with van der Waals surface area (Å²) < 4.78 is 61.4. The van der Waals surface area contributed by atoms with Gasteiger partial charge in [0.25, 0.3) is 0 Å². The second-order valence-corrected chi connectivity index (χ2v) is 9.08. The maximum absolute atomic E-state index is 12.6. The largest absolute Gasteiger partial charge is 0.511 e. The summed E-state index contributed by atoms with van der Waals surface area (Å²) in [6.07, 6.45) is 4.01. The molecule has 2 N–H and O–H groups in total. The number of sulfonamides is 1. The van der Waals surface area contributed by atoms with Crippen molar-refractivity contribution in [3.05, 3.63) is 34.9 Å². The molecule has 1 saturated heterocycles. The van der Waals surface area contributed by atoms with E-state index < -0.39 is 15.5 Å². The van der Waals surface area contributed by atoms with E-state index in [-0.39, 0.29) is 32.0 Å². The molecule has 1 aromatic rings. The number of guanidine groups is 1. The Morgan fingerprint density at radius 1 is 1.21 bits per heavy atom. The van der Waals surface area contributed by atoms with Crippen LogP contribution in [0.1, 0.15) is 36.0 Å². The molecule has 1 fully saturated rings. The first-order valence-corrected chi connectivity index (χ1v) is 10.8. The number of aliphatic imine (C=N–C) groups is 1. The Bertz CT molecular complexity index is 832. The molecule has 0 unspecified atom stereocenters. The van der Waals surface area contributed by atoms with Gasteiger partial charge in [0, 0.05) is 32.7 Å². The number of rotatable bonds is 4. The number of fused-ring (bicyclic) bond motifs is 1. The molecule has 0 aromatic heterocycles. The molecule has 0 radical (unpaired) electrons. The number of hydrogen-bond donors (Lipinski definition) is 2. The Balaban J connectivity index is 1.50. The summed E-state index contributed by atoms with van der Waals surface area (Å²) in [4.78, 5) is 4.16. The third-order valence-electron chi connectivity index (χ3n) is 5.27. The molecule has 0 bridgehead atoms. The van der Waals surface area contributed by atoms with Gasteiger partial charge in [-0.25, -0.2) is 8.42 Å². The highest BCUT2D eigenvalue weighted by Crippen LogP contribution is 2.29. The summed E-state index contributed by atoms with van der Waals surface area (Å²) in [6.45, 7) is 0.261. The Labute approximate surface area is 163 Å². The van der Waals surface area contributed by atoms with Crippen LogP contribution in [0, 0.1) is 0 Å². The smallest absolute Gasteiger partial charge is 0.354 e. The number of benzene rings is 1. The highest BCUT2D eigenvalue weighted by atomic mass is 32.2. The Kier molecular flexibility index (Phi) is 6.18. The van der Waals surface area contributed by atoms with Gasteiger partial charge in [0.05, 0.1) is 0 Å². The number of nitrogens with one attached hydrogen (secondary N) is 2. The minimum Gasteiger partial charge on any atom is -0.354 e. The fourth-order valence-corrected chi connectivity index (χ4v) is 4.68. The van der Waals surface area contributed by atoms with Gasteiger partial charge in [0.15, 0.2) is 5.96 Å². The molecule has 1 heterocycles. The molecule has 10 heteroatoms. The normalized spacial score (nSPS) is 19.5. The monoisotopic (exact) mass is 418 g/mol. The van der Waals surface area contributed by atoms with E-state index in [1.165, 1.54) is 17.5 Å². The van der Waals surface area contributed by atoms with Crippen LogP contribution in [-0.2, 0) is 29.4 Å². The summed E-state index contributed by atoms with van der Waals surface area (Å²) in [6, 6.07) is 6.31. The highest BCUT2D eigenvalue weighted by Gasteiger charge is 2.50. The third kappa shape index (κ3) is 4.60. The van der Waals surface area contributed by atoms with E-state index in [1.807, 2.05) is 0 Å². The van der Waals surface area contributed by atoms with Crippen LogP contribution in [0.15, 0.2) is 23.2 Å². The second-order valence-electron chi connectivity index (χ2n) is 7.15. The standard InChI is InChI=1S/C18H25F3N4O2S/c1-22-17(23-12-13-5-6-14-3-2-4-15(14)11-13)24-16-7-9-25(10-8-16)28(26,27)18(19,20)21/h5-6,11,16H,2-4,7-10,12H2,1H3,(H2,22,23,24). The first-order chi connectivity index (χ1) is 13.2. The van der Waals surface area contributed by atoms with Gasteiger partial charge in [-0.1, -0.05) is 18.2 Å². The quantitative estimate of drug-likeness (QED) is 0.581. The zero-order valence-corrected chi connectivity index (χ0v) is 16.5. The topological polar surface area (TPSA) is 73.8 Å². The molecule has 156 valence electrons. The summed E-state index contributed by atoms with van der Waals surface area (Å²) in [7, 11) is -3.62. The minimum atomic E-state index is -5.25. The zero-order valence-electron chi connectivity index (χ0n) is 15.7. The summed E-state index contributed by atoms with van der Waals surface area (Å²) in [5.41, 5.74) is -1.30. The molecule has 0 spiro atoms. The average molecular weight is 418 g/mol. The lowest BCUT2D eigenvalue weighted by Gasteiger charge is -2.32. The predicted octanol–water partition coefficient (Wildman–Crippen LogP) is 2.15. The Hall–Kier alpha value is -1.81. The van der Waals surface area contributed by atoms with Crippen LogP contribution in [-0.4, -0.2) is 50.4 Å². The highest BCUT2D eigenvalue weighted by molar-refractivity contribution is 7.90. The number of piperidine rings is 1. The first-order valence-electron chi connectivity index (χ1n) is 9.35. The van der Waals surface area contributed by atoms with Crippen molar-refractivity contribution in [2.75, 3.05) is 20.1 Å². The number of halogens is 3. The Morgan fingerprint density at radius 3 is 2.54 bits per heavy atom. The van der Waals surface area contributed by atoms with Crippen molar-refractivity contribution in [3.8, 4) is 0 Å². The lowest BCUT2D eigenvalue weighted by Crippen LogP contribution is -2.51. The van der Waals surface area contributed by atoms with Crippen LogP contribution in [0.4, 0.5) is 13.2 Å². The molecule has 2 aliphatic rings. The average Bonchev–Trinajstić information content (AvgIpc) is 3.12. The summed E-state index contributed by atoms with van der Waals surface area (Å²) in [5.74, 6) is 0.553. The molecular formula is C18H25F3N4O2S. The summed E-state index contributed by atoms with van der Waals surface area (Å²) in [5, 5.41) is 6.39. The van der Waals surface area contributed by atoms with Crippen LogP contribution in [0.2, 0.25) is 0 Å². The number of nitrogens with zero attached hydrogens (tertiary/aromatic N) is 2. The minimum absolute atomic E-state index is 0.133. The van der Waals surface area contributed by atoms with E-state index >= 15 is 0 Å². The van der Waals surface area contributed by atoms with Crippen molar-refractivity contribution in [2.45, 2.75) is 50.2 Å². The molecular weight excluding hydrogens is 393 g/mol. The van der Waals surface area contributed by atoms with Crippen molar-refractivity contribution in [2.24, 2.45) is 4.99 Å². The third-order valence-corrected chi connectivity index (χ3v) is 6.90. The summed E-state index contributed by atoms with van der Waals surface area (Å²) >= 11 is 0. The van der Waals surface area contributed by atoms with Gasteiger partial charge in [0.1, 0.15) is 0 Å². The van der Waals surface area contributed by atoms with Crippen molar-refractivity contribution < 1.29 is 21.6 Å². The molecule has 0 saturated carbocycles. The van der Waals surface area contributed by atoms with Crippen LogP contribution in [0.25, 0.3) is 0 Å². The van der Waals surface area contributed by atoms with Crippen LogP contribution in [0.5, 0.6) is 0 Å². The van der Waals surface area contributed by atoms with Crippen LogP contribution >= 0.6 is 0 Å². The molecule has 1 aliphatic heterocycles. The molecule has 28 heavy (non-hydrogen) atoms. The van der Waals surface area contributed by atoms with E-state index in [0.717, 1.165) is 18.4 Å². The molecule has 6 nitrogen and oxygen atoms in total. The number of hydrogen-bond acceptors (Lipinski definition) is 3. The van der Waals surface area contributed by atoms with E-state index in [9.17, 15) is 21.6 Å². The predicted molar refractivity (Wildman–Crippen MR) is 101 cm³/mol. The van der Waals surface area contributed by atoms with Gasteiger partial charge in [-0.15, -0.1) is 0 Å². The van der Waals surface area contributed by atoms with Gasteiger partial charge < -0.3 is 10.6 Å². The van der Waals surface area contributed by atoms with Crippen molar-refractivity contribution in [1.82, 2.24) is 14.9 Å². The number of aryl methyl sites for hydroxylation is 2. The molecule has 0 atom stereocenters. The van der Waals surface area contributed by atoms with E-state index in [4.69, 9.17) is 0 Å². The van der Waals surface area contributed by atoms with Crippen LogP contribution in [0.3, 0.4) is 0 Å². The first kappa shape index (κ1) is 20.9. The van der Waals surface area contributed by atoms with E-state index in [0.29, 0.717) is 16.8 Å². The SMILES string of the molecule is CN=C(NCc1ccc2c(c1)CCC2)NC1CCN(S(=O)(=O)C(F)(F)F)CC1. The maximum Gasteiger partial charge on any atom is 0.511 e. The van der Waals surface area contributed by atoms with Gasteiger partial charge >= 0.3 is 15.5 Å². The van der Waals surface area contributed by atoms with Gasteiger partial charge in [-0.3, -0.25) is 4.99 Å². The van der Waals surface area contributed by atoms with Crippen molar-refractivity contribution in [1.29, 1.82) is 0 Å². The van der Waals surface area contributed by atoms with Gasteiger partial charge in [0.2, 0.25) is 0 Å². The lowest BCUT2D eigenvalue weighted by atomic mass is 10.1. The molecule has 1 aliphatic carbocycles. The number of alkyl halides is 3. The van der Waals surface area contributed by atoms with E-state index in [2.05, 4.69) is 33.8 Å². The Morgan fingerprint density at radius 2 is 1.89 bits per heavy atom.